The van der Waals surface area contributed by atoms with E-state index < -0.39 is 12.1 Å². The van der Waals surface area contributed by atoms with Crippen molar-refractivity contribution in [3.63, 3.8) is 0 Å². The van der Waals surface area contributed by atoms with Crippen molar-refractivity contribution >= 4 is 17.5 Å². The molecule has 7 heteroatoms. The van der Waals surface area contributed by atoms with E-state index in [1.807, 2.05) is 62.4 Å². The van der Waals surface area contributed by atoms with Crippen LogP contribution in [0.4, 0.5) is 5.69 Å². The van der Waals surface area contributed by atoms with Gasteiger partial charge in [0, 0.05) is 17.6 Å². The van der Waals surface area contributed by atoms with Gasteiger partial charge in [-0.2, -0.15) is 15.6 Å². The molecule has 0 saturated carbocycles. The molecular formula is C24H21N7. The number of aromatic nitrogens is 2. The minimum atomic E-state index is -0.715. The van der Waals surface area contributed by atoms with Crippen molar-refractivity contribution in [2.24, 2.45) is 16.8 Å². The maximum absolute atomic E-state index is 9.90. The molecule has 0 aliphatic carbocycles. The van der Waals surface area contributed by atoms with Gasteiger partial charge in [0.15, 0.2) is 0 Å². The normalized spacial score (nSPS) is 18.4. The smallest absolute Gasteiger partial charge is 0.127 e. The molecule has 1 aromatic carbocycles. The maximum atomic E-state index is 9.90. The molecule has 0 saturated heterocycles. The van der Waals surface area contributed by atoms with E-state index in [-0.39, 0.29) is 0 Å². The van der Waals surface area contributed by atoms with Crippen LogP contribution in [-0.4, -0.2) is 21.4 Å². The van der Waals surface area contributed by atoms with Crippen molar-refractivity contribution < 1.29 is 0 Å². The number of pyridine rings is 1. The first kappa shape index (κ1) is 20.1. The van der Waals surface area contributed by atoms with E-state index in [4.69, 9.17) is 5.73 Å². The fourth-order valence-corrected chi connectivity index (χ4v) is 3.85. The number of para-hydroxylation sites is 1. The predicted molar refractivity (Wildman–Crippen MR) is 120 cm³/mol. The summed E-state index contributed by atoms with van der Waals surface area (Å²) >= 11 is 0. The SMILES string of the molecule is Cc1cc(/C=C(/C#N)C2=NN(c3ccccc3)[C@@H](N)[C@H]2C#N)c(C)n1-c1cccnc1. The lowest BCUT2D eigenvalue weighted by Gasteiger charge is -2.21. The summed E-state index contributed by atoms with van der Waals surface area (Å²) in [7, 11) is 0. The van der Waals surface area contributed by atoms with Gasteiger partial charge >= 0.3 is 0 Å². The number of hydrazone groups is 1. The second-order valence-electron chi connectivity index (χ2n) is 7.31. The van der Waals surface area contributed by atoms with E-state index in [0.29, 0.717) is 11.3 Å². The van der Waals surface area contributed by atoms with Crippen LogP contribution in [0.2, 0.25) is 0 Å². The van der Waals surface area contributed by atoms with E-state index in [2.05, 4.69) is 26.8 Å². The fourth-order valence-electron chi connectivity index (χ4n) is 3.85. The van der Waals surface area contributed by atoms with E-state index in [9.17, 15) is 10.5 Å². The third kappa shape index (κ3) is 3.59. The molecule has 0 radical (unpaired) electrons. The largest absolute Gasteiger partial charge is 0.316 e. The Labute approximate surface area is 181 Å². The average Bonchev–Trinajstić information content (AvgIpc) is 3.28. The summed E-state index contributed by atoms with van der Waals surface area (Å²) in [5.41, 5.74) is 11.6. The molecule has 0 amide bonds. The molecule has 4 rings (SSSR count). The zero-order valence-electron chi connectivity index (χ0n) is 17.3. The highest BCUT2D eigenvalue weighted by molar-refractivity contribution is 6.11. The first-order chi connectivity index (χ1) is 15.0. The molecule has 2 N–H and O–H groups in total. The molecule has 1 aliphatic rings. The molecule has 0 unspecified atom stereocenters. The number of anilines is 1. The van der Waals surface area contributed by atoms with E-state index in [0.717, 1.165) is 28.3 Å². The standard InChI is InChI=1S/C24H21N7/c1-16-11-18(17(2)30(16)21-9-6-10-28-15-21)12-19(13-25)23-22(14-26)24(27)31(29-23)20-7-4-3-5-8-20/h3-12,15,22,24H,27H2,1-2H3/b19-12-/t22-,24+/m0/s1. The number of nitriles is 2. The highest BCUT2D eigenvalue weighted by Gasteiger charge is 2.37. The van der Waals surface area contributed by atoms with Gasteiger partial charge in [0.05, 0.1) is 34.9 Å². The quantitative estimate of drug-likeness (QED) is 0.664. The summed E-state index contributed by atoms with van der Waals surface area (Å²) in [6.45, 7) is 3.99. The summed E-state index contributed by atoms with van der Waals surface area (Å²) in [5.74, 6) is -0.715. The lowest BCUT2D eigenvalue weighted by atomic mass is 9.95. The third-order valence-electron chi connectivity index (χ3n) is 5.36. The first-order valence-electron chi connectivity index (χ1n) is 9.84. The van der Waals surface area contributed by atoms with Crippen LogP contribution in [0.3, 0.4) is 0 Å². The van der Waals surface area contributed by atoms with Crippen LogP contribution in [-0.2, 0) is 0 Å². The molecule has 0 fully saturated rings. The van der Waals surface area contributed by atoms with Crippen LogP contribution in [0.5, 0.6) is 0 Å². The van der Waals surface area contributed by atoms with Gasteiger partial charge in [0.25, 0.3) is 0 Å². The fraction of sp³-hybridized carbons (Fsp3) is 0.167. The van der Waals surface area contributed by atoms with Crippen molar-refractivity contribution in [3.8, 4) is 17.8 Å². The zero-order valence-corrected chi connectivity index (χ0v) is 17.3. The van der Waals surface area contributed by atoms with E-state index in [1.54, 1.807) is 23.5 Å². The molecule has 152 valence electrons. The number of hydrogen-bond donors (Lipinski definition) is 1. The van der Waals surface area contributed by atoms with Crippen LogP contribution in [0.25, 0.3) is 11.8 Å². The van der Waals surface area contributed by atoms with Gasteiger partial charge in [-0.25, -0.2) is 5.01 Å². The number of nitrogens with two attached hydrogens (primary N) is 1. The lowest BCUT2D eigenvalue weighted by molar-refractivity contribution is 0.624. The van der Waals surface area contributed by atoms with Gasteiger partial charge in [-0.05, 0) is 55.8 Å². The van der Waals surface area contributed by atoms with Crippen LogP contribution in [0.15, 0.2) is 71.6 Å². The lowest BCUT2D eigenvalue weighted by Crippen LogP contribution is -2.40. The Morgan fingerprint density at radius 2 is 1.84 bits per heavy atom. The molecule has 1 aliphatic heterocycles. The maximum Gasteiger partial charge on any atom is 0.127 e. The molecule has 2 aromatic heterocycles. The van der Waals surface area contributed by atoms with Gasteiger partial charge < -0.3 is 10.3 Å². The number of hydrogen-bond acceptors (Lipinski definition) is 6. The van der Waals surface area contributed by atoms with Crippen molar-refractivity contribution in [2.75, 3.05) is 5.01 Å². The molecule has 7 nitrogen and oxygen atoms in total. The van der Waals surface area contributed by atoms with Crippen LogP contribution >= 0.6 is 0 Å². The molecule has 0 bridgehead atoms. The molecule has 0 spiro atoms. The Morgan fingerprint density at radius 1 is 1.10 bits per heavy atom. The number of rotatable bonds is 4. The summed E-state index contributed by atoms with van der Waals surface area (Å²) in [6, 6.07) is 19.7. The Bertz CT molecular complexity index is 1240. The Balaban J connectivity index is 1.77. The van der Waals surface area contributed by atoms with Gasteiger partial charge in [-0.3, -0.25) is 4.98 Å². The highest BCUT2D eigenvalue weighted by atomic mass is 15.5. The van der Waals surface area contributed by atoms with Crippen molar-refractivity contribution in [3.05, 3.63) is 83.4 Å². The summed E-state index contributed by atoms with van der Waals surface area (Å²) in [4.78, 5) is 4.20. The highest BCUT2D eigenvalue weighted by Crippen LogP contribution is 2.30. The van der Waals surface area contributed by atoms with Crippen molar-refractivity contribution in [1.29, 1.82) is 10.5 Å². The van der Waals surface area contributed by atoms with E-state index in [1.165, 1.54) is 0 Å². The molecular weight excluding hydrogens is 386 g/mol. The molecule has 3 aromatic rings. The topological polar surface area (TPSA) is 107 Å². The predicted octanol–water partition coefficient (Wildman–Crippen LogP) is 3.70. The average molecular weight is 407 g/mol. The second kappa shape index (κ2) is 8.27. The van der Waals surface area contributed by atoms with Crippen LogP contribution < -0.4 is 10.7 Å². The Kier molecular flexibility index (Phi) is 5.36. The van der Waals surface area contributed by atoms with Gasteiger partial charge in [-0.1, -0.05) is 18.2 Å². The molecule has 2 atom stereocenters. The molecule has 3 heterocycles. The number of benzene rings is 1. The number of aryl methyl sites for hydroxylation is 1. The van der Waals surface area contributed by atoms with Gasteiger partial charge in [-0.15, -0.1) is 0 Å². The minimum absolute atomic E-state index is 0.326. The van der Waals surface area contributed by atoms with Crippen molar-refractivity contribution in [1.82, 2.24) is 9.55 Å². The Morgan fingerprint density at radius 3 is 2.48 bits per heavy atom. The number of nitrogens with zero attached hydrogens (tertiary/aromatic N) is 6. The zero-order chi connectivity index (χ0) is 22.0. The summed E-state index contributed by atoms with van der Waals surface area (Å²) < 4.78 is 2.08. The monoisotopic (exact) mass is 407 g/mol. The summed E-state index contributed by atoms with van der Waals surface area (Å²) in [6.07, 6.45) is 4.64. The summed E-state index contributed by atoms with van der Waals surface area (Å²) in [5, 5.41) is 25.8. The second-order valence-corrected chi connectivity index (χ2v) is 7.31. The Hall–Kier alpha value is -4.20. The number of allylic oxidation sites excluding steroid dienone is 1. The minimum Gasteiger partial charge on any atom is -0.316 e. The van der Waals surface area contributed by atoms with Crippen LogP contribution in [0.1, 0.15) is 17.0 Å². The first-order valence-corrected chi connectivity index (χ1v) is 9.84. The van der Waals surface area contributed by atoms with Gasteiger partial charge in [0.2, 0.25) is 0 Å². The van der Waals surface area contributed by atoms with Crippen LogP contribution in [0, 0.1) is 42.4 Å². The van der Waals surface area contributed by atoms with Gasteiger partial charge in [0.1, 0.15) is 18.2 Å². The third-order valence-corrected chi connectivity index (χ3v) is 5.36. The van der Waals surface area contributed by atoms with Crippen molar-refractivity contribution in [2.45, 2.75) is 20.0 Å². The molecule has 31 heavy (non-hydrogen) atoms. The van der Waals surface area contributed by atoms with E-state index >= 15 is 0 Å².